The molecule has 1 amide bonds. The zero-order valence-electron chi connectivity index (χ0n) is 42.9. The smallest absolute Gasteiger partial charge is 0.311 e. The molecule has 0 aromatic carbocycles. The maximum Gasteiger partial charge on any atom is 0.311 e. The number of rotatable bonds is 9. The van der Waals surface area contributed by atoms with Gasteiger partial charge in [0.15, 0.2) is 23.3 Å². The summed E-state index contributed by atoms with van der Waals surface area (Å²) in [7, 11) is 3.79. The Kier molecular flexibility index (Phi) is 16.4. The number of carbonyl (C=O) groups excluding carboxylic acids is 3. The van der Waals surface area contributed by atoms with Crippen molar-refractivity contribution in [1.29, 1.82) is 0 Å². The lowest BCUT2D eigenvalue weighted by Crippen LogP contribution is -2.70. The van der Waals surface area contributed by atoms with Crippen LogP contribution in [-0.2, 0) is 28.6 Å². The van der Waals surface area contributed by atoms with Gasteiger partial charge in [0.1, 0.15) is 23.9 Å². The van der Waals surface area contributed by atoms with Crippen LogP contribution in [0.2, 0.25) is 0 Å². The number of ether oxygens (including phenoxy) is 3. The Morgan fingerprint density at radius 1 is 1.00 bits per heavy atom. The van der Waals surface area contributed by atoms with Crippen LogP contribution in [0.25, 0.3) is 0 Å². The first-order valence-electron chi connectivity index (χ1n) is 25.5. The molecule has 7 N–H and O–H groups in total. The zero-order chi connectivity index (χ0) is 50.7. The van der Waals surface area contributed by atoms with Crippen molar-refractivity contribution in [1.82, 2.24) is 15.1 Å². The summed E-state index contributed by atoms with van der Waals surface area (Å²) in [6.45, 7) is 18.8. The molecule has 4 aliphatic carbocycles. The highest BCUT2D eigenvalue weighted by molar-refractivity contribution is 6.01. The Labute approximate surface area is 404 Å². The monoisotopic (exact) mass is 964 g/mol. The second kappa shape index (κ2) is 20.3. The molecule has 5 fully saturated rings. The fraction of sp³-hybridized carbons (Fsp3) is 0.865. The van der Waals surface area contributed by atoms with E-state index in [0.717, 1.165) is 0 Å². The Hall–Kier alpha value is -2.38. The molecule has 3 saturated carbocycles. The molecular formula is C52H86FN3O12. The first-order chi connectivity index (χ1) is 31.5. The Bertz CT molecular complexity index is 1900. The molecule has 6 aliphatic rings. The summed E-state index contributed by atoms with van der Waals surface area (Å²) in [4.78, 5) is 44.4. The van der Waals surface area contributed by atoms with E-state index in [1.54, 1.807) is 40.7 Å². The van der Waals surface area contributed by atoms with Gasteiger partial charge < -0.3 is 55.1 Å². The lowest BCUT2D eigenvalue weighted by atomic mass is 9.44. The van der Waals surface area contributed by atoms with E-state index in [1.165, 1.54) is 19.1 Å². The predicted octanol–water partition coefficient (Wildman–Crippen LogP) is 3.98. The topological polar surface area (TPSA) is 219 Å². The van der Waals surface area contributed by atoms with Gasteiger partial charge >= 0.3 is 5.97 Å². The van der Waals surface area contributed by atoms with E-state index in [4.69, 9.17) is 14.2 Å². The number of allylic oxidation sites excluding steroid dienone is 4. The Morgan fingerprint density at radius 2 is 1.68 bits per heavy atom. The molecule has 0 aromatic heterocycles. The third kappa shape index (κ3) is 9.55. The number of fused-ring (bicyclic) bond motifs is 5. The van der Waals surface area contributed by atoms with Gasteiger partial charge in [0.2, 0.25) is 0 Å². The van der Waals surface area contributed by atoms with Crippen molar-refractivity contribution in [3.05, 3.63) is 23.8 Å². The van der Waals surface area contributed by atoms with E-state index >= 15 is 4.39 Å². The highest BCUT2D eigenvalue weighted by Gasteiger charge is 2.75. The fourth-order valence-corrected chi connectivity index (χ4v) is 13.8. The van der Waals surface area contributed by atoms with Crippen LogP contribution >= 0.6 is 0 Å². The van der Waals surface area contributed by atoms with Crippen molar-refractivity contribution < 1.29 is 63.6 Å². The van der Waals surface area contributed by atoms with Crippen molar-refractivity contribution in [2.75, 3.05) is 33.7 Å². The fourth-order valence-electron chi connectivity index (χ4n) is 13.8. The summed E-state index contributed by atoms with van der Waals surface area (Å²) >= 11 is 0. The Morgan fingerprint density at radius 3 is 2.32 bits per heavy atom. The van der Waals surface area contributed by atoms with Gasteiger partial charge in [-0.25, -0.2) is 4.39 Å². The molecule has 6 rings (SSSR count). The lowest BCUT2D eigenvalue weighted by molar-refractivity contribution is -0.283. The van der Waals surface area contributed by atoms with Crippen molar-refractivity contribution in [3.8, 4) is 0 Å². The van der Waals surface area contributed by atoms with Gasteiger partial charge in [0.25, 0.3) is 5.91 Å². The lowest BCUT2D eigenvalue weighted by Gasteiger charge is -2.62. The molecule has 16 heteroatoms. The second-order valence-corrected chi connectivity index (χ2v) is 23.4. The van der Waals surface area contributed by atoms with Gasteiger partial charge in [-0.1, -0.05) is 46.3 Å². The summed E-state index contributed by atoms with van der Waals surface area (Å²) in [5, 5.41) is 74.3. The number of hydrogen-bond donors (Lipinski definition) is 7. The summed E-state index contributed by atoms with van der Waals surface area (Å²) in [5.74, 6) is -4.13. The van der Waals surface area contributed by atoms with E-state index in [-0.39, 0.29) is 43.7 Å². The summed E-state index contributed by atoms with van der Waals surface area (Å²) in [6.07, 6.45) is -0.132. The molecule has 0 radical (unpaired) electrons. The van der Waals surface area contributed by atoms with E-state index in [0.29, 0.717) is 63.6 Å². The van der Waals surface area contributed by atoms with Gasteiger partial charge in [-0.3, -0.25) is 19.3 Å². The third-order valence-electron chi connectivity index (χ3n) is 18.5. The number of nitrogens with zero attached hydrogens (tertiary/aromatic N) is 2. The molecule has 0 bridgehead atoms. The number of carbonyl (C=O) groups is 3. The maximum atomic E-state index is 17.8. The van der Waals surface area contributed by atoms with Crippen molar-refractivity contribution in [3.63, 3.8) is 0 Å². The minimum Gasteiger partial charge on any atom is -0.459 e. The number of halogens is 1. The summed E-state index contributed by atoms with van der Waals surface area (Å²) < 4.78 is 36.4. The average molecular weight is 964 g/mol. The molecule has 3 unspecified atom stereocenters. The molecule has 0 aromatic rings. The molecule has 2 aliphatic heterocycles. The normalized spacial score (nSPS) is 47.2. The van der Waals surface area contributed by atoms with Crippen molar-refractivity contribution in [2.45, 2.75) is 211 Å². The van der Waals surface area contributed by atoms with Crippen LogP contribution in [0.5, 0.6) is 0 Å². The number of nitrogens with one attached hydrogen (secondary N) is 1. The second-order valence-electron chi connectivity index (χ2n) is 23.4. The highest BCUT2D eigenvalue weighted by Crippen LogP contribution is 2.70. The zero-order valence-corrected chi connectivity index (χ0v) is 42.9. The van der Waals surface area contributed by atoms with E-state index in [9.17, 15) is 45.0 Å². The van der Waals surface area contributed by atoms with Gasteiger partial charge in [0, 0.05) is 48.3 Å². The van der Waals surface area contributed by atoms with Crippen molar-refractivity contribution in [2.24, 2.45) is 39.9 Å². The summed E-state index contributed by atoms with van der Waals surface area (Å²) in [5.41, 5.74) is -8.19. The molecule has 388 valence electrons. The number of amides is 1. The standard InChI is InChI=1S/C52H86FN3O12/c1-13-40-50(10,64)43(61)32(5)56(22-14-19-47(6,7)41(27-38(58)31(4)44(62)67-40)68-45-42(60)37(55(11)12)25-30(3)66-45)23-15-21-54-46(63)52(65)29(2)24-36-35-17-16-33-26-34(57)18-20-48(33,8)51(35,53)39(59)28-49(36,52)9/h18,20,26,29-32,35-43,45,58-61,64-65H,13-17,19,21-25,27-28H2,1-12H3,(H,54,63)/t29-,30+,31-,32-,35?,36?,37+,38+,39+,40-,41-,42?,43+,45-,48+,49+,50+,51+,52+/m1/s1. The van der Waals surface area contributed by atoms with Crippen LogP contribution in [0, 0.1) is 39.9 Å². The first-order valence-corrected chi connectivity index (χ1v) is 25.5. The van der Waals surface area contributed by atoms with Gasteiger partial charge in [-0.2, -0.15) is 0 Å². The van der Waals surface area contributed by atoms with Crippen LogP contribution in [0.4, 0.5) is 4.39 Å². The first kappa shape index (κ1) is 54.9. The number of aliphatic hydroxyl groups excluding tert-OH is 4. The number of esters is 1. The van der Waals surface area contributed by atoms with E-state index in [2.05, 4.69) is 5.32 Å². The number of likely N-dealkylation sites (N-methyl/N-ethyl adjacent to an activating group) is 1. The van der Waals surface area contributed by atoms with Crippen molar-refractivity contribution >= 4 is 17.7 Å². The number of alkyl halides is 1. The molecule has 15 nitrogen and oxygen atoms in total. The van der Waals surface area contributed by atoms with E-state index < -0.39 is 118 Å². The van der Waals surface area contributed by atoms with Gasteiger partial charge in [-0.15, -0.1) is 0 Å². The molecule has 2 heterocycles. The highest BCUT2D eigenvalue weighted by atomic mass is 19.1. The van der Waals surface area contributed by atoms with E-state index in [1.807, 2.05) is 51.6 Å². The van der Waals surface area contributed by atoms with Crippen LogP contribution in [0.3, 0.4) is 0 Å². The number of cyclic esters (lactones) is 1. The molecule has 0 spiro atoms. The molecule has 2 saturated heterocycles. The third-order valence-corrected chi connectivity index (χ3v) is 18.5. The van der Waals surface area contributed by atoms with Gasteiger partial charge in [0.05, 0.1) is 30.3 Å². The SMILES string of the molecule is CC[C@H]1OC(=O)[C@H](C)[C@@H](O)C[C@@H](O[C@H]2O[C@@H](C)C[C@H](N(C)C)C2O)C(C)(C)CCCN(CCCNC(=O)[C@@]2(O)[C@H](C)CC3C4CCC5=CC(=O)C=C[C@]5(C)[C@@]4(F)[C@@H](O)C[C@@]32C)[C@H](C)[C@H](O)[C@@]1(C)O. The number of ketones is 1. The maximum absolute atomic E-state index is 17.8. The average Bonchev–Trinajstić information content (AvgIpc) is 3.47. The minimum absolute atomic E-state index is 0.0304. The van der Waals surface area contributed by atoms with Crippen LogP contribution in [-0.4, -0.2) is 170 Å². The predicted molar refractivity (Wildman–Crippen MR) is 253 cm³/mol. The van der Waals surface area contributed by atoms with Crippen LogP contribution in [0.1, 0.15) is 133 Å². The molecular weight excluding hydrogens is 878 g/mol. The Balaban J connectivity index is 1.19. The quantitative estimate of drug-likeness (QED) is 0.129. The van der Waals surface area contributed by atoms with Gasteiger partial charge in [-0.05, 0) is 142 Å². The largest absolute Gasteiger partial charge is 0.459 e. The number of hydrogen-bond acceptors (Lipinski definition) is 14. The molecule has 68 heavy (non-hydrogen) atoms. The molecule has 19 atom stereocenters. The minimum atomic E-state index is -2.09. The summed E-state index contributed by atoms with van der Waals surface area (Å²) in [6, 6.07) is -0.893. The van der Waals surface area contributed by atoms with Crippen LogP contribution in [0.15, 0.2) is 23.8 Å². The number of aliphatic hydroxyl groups is 6. The van der Waals surface area contributed by atoms with Crippen LogP contribution < -0.4 is 5.32 Å².